The van der Waals surface area contributed by atoms with E-state index in [-0.39, 0.29) is 30.3 Å². The van der Waals surface area contributed by atoms with Crippen molar-refractivity contribution < 1.29 is 32.2 Å². The Morgan fingerprint density at radius 3 is 2.48 bits per heavy atom. The number of amides is 2. The Morgan fingerprint density at radius 1 is 1.06 bits per heavy atom. The summed E-state index contributed by atoms with van der Waals surface area (Å²) in [5.74, 6) is 0.168. The molecular weight excluding hydrogens is 435 g/mol. The fourth-order valence-electron chi connectivity index (χ4n) is 5.36. The minimum atomic E-state index is -4.40. The molecule has 1 spiro atoms. The van der Waals surface area contributed by atoms with Crippen molar-refractivity contribution in [3.63, 3.8) is 0 Å². The molecule has 0 N–H and O–H groups in total. The van der Waals surface area contributed by atoms with Crippen molar-refractivity contribution in [2.45, 2.75) is 49.7 Å². The molecule has 3 aliphatic rings. The highest BCUT2D eigenvalue weighted by atomic mass is 19.4. The van der Waals surface area contributed by atoms with Gasteiger partial charge in [-0.25, -0.2) is 9.69 Å². The molecule has 1 aliphatic carbocycles. The zero-order chi connectivity index (χ0) is 23.2. The monoisotopic (exact) mass is 459 g/mol. The average molecular weight is 459 g/mol. The highest BCUT2D eigenvalue weighted by Crippen LogP contribution is 2.50. The number of hydrogen-bond donors (Lipinski definition) is 0. The molecule has 2 fully saturated rings. The van der Waals surface area contributed by atoms with Crippen LogP contribution in [0.2, 0.25) is 0 Å². The van der Waals surface area contributed by atoms with Gasteiger partial charge in [-0.1, -0.05) is 36.4 Å². The summed E-state index contributed by atoms with van der Waals surface area (Å²) in [5.41, 5.74) is 0.672. The number of nitrogens with zero attached hydrogens (tertiary/aromatic N) is 1. The van der Waals surface area contributed by atoms with Gasteiger partial charge < -0.3 is 9.47 Å². The largest absolute Gasteiger partial charge is 0.492 e. The molecule has 0 unspecified atom stereocenters. The second kappa shape index (κ2) is 8.08. The Balaban J connectivity index is 1.25. The van der Waals surface area contributed by atoms with Crippen LogP contribution in [0.1, 0.15) is 54.8 Å². The number of alkyl halides is 3. The van der Waals surface area contributed by atoms with Crippen molar-refractivity contribution in [2.24, 2.45) is 5.92 Å². The fourth-order valence-corrected chi connectivity index (χ4v) is 5.36. The summed E-state index contributed by atoms with van der Waals surface area (Å²) in [6, 6.07) is 12.7. The summed E-state index contributed by atoms with van der Waals surface area (Å²) in [4.78, 5) is 26.5. The van der Waals surface area contributed by atoms with Crippen LogP contribution in [-0.2, 0) is 21.1 Å². The molecule has 2 aliphatic heterocycles. The van der Waals surface area contributed by atoms with Crippen LogP contribution in [0.5, 0.6) is 5.75 Å². The molecule has 2 amide bonds. The highest BCUT2D eigenvalue weighted by molar-refractivity contribution is 5.93. The van der Waals surface area contributed by atoms with Gasteiger partial charge in [-0.3, -0.25) is 4.79 Å². The van der Waals surface area contributed by atoms with Gasteiger partial charge in [-0.2, -0.15) is 13.2 Å². The fraction of sp³-hybridized carbons (Fsp3) is 0.440. The summed E-state index contributed by atoms with van der Waals surface area (Å²) in [5, 5.41) is 0. The molecular formula is C25H24F3NO4. The molecule has 0 radical (unpaired) electrons. The number of fused-ring (bicyclic) bond motifs is 2. The van der Waals surface area contributed by atoms with E-state index in [0.29, 0.717) is 12.4 Å². The lowest BCUT2D eigenvalue weighted by molar-refractivity contribution is -0.137. The van der Waals surface area contributed by atoms with Crippen LogP contribution in [-0.4, -0.2) is 30.1 Å². The summed E-state index contributed by atoms with van der Waals surface area (Å²) < 4.78 is 49.9. The van der Waals surface area contributed by atoms with E-state index < -0.39 is 23.9 Å². The molecule has 1 atom stereocenters. The van der Waals surface area contributed by atoms with E-state index in [1.165, 1.54) is 4.90 Å². The normalized spacial score (nSPS) is 26.8. The molecule has 5 nitrogen and oxygen atoms in total. The lowest BCUT2D eigenvalue weighted by atomic mass is 9.67. The average Bonchev–Trinajstić information content (AvgIpc) is 3.36. The summed E-state index contributed by atoms with van der Waals surface area (Å²) in [7, 11) is 0. The van der Waals surface area contributed by atoms with E-state index in [0.717, 1.165) is 48.9 Å². The summed E-state index contributed by atoms with van der Waals surface area (Å²) >= 11 is 0. The third kappa shape index (κ3) is 3.96. The third-order valence-corrected chi connectivity index (χ3v) is 7.24. The molecule has 5 rings (SSSR count). The highest BCUT2D eigenvalue weighted by Gasteiger charge is 2.46. The van der Waals surface area contributed by atoms with Crippen LogP contribution < -0.4 is 4.74 Å². The predicted octanol–water partition coefficient (Wildman–Crippen LogP) is 5.64. The molecule has 174 valence electrons. The molecule has 33 heavy (non-hydrogen) atoms. The van der Waals surface area contributed by atoms with Crippen molar-refractivity contribution >= 4 is 12.0 Å². The smallest absolute Gasteiger partial charge is 0.417 e. The number of hydrogen-bond acceptors (Lipinski definition) is 4. The second-order valence-electron chi connectivity index (χ2n) is 9.19. The van der Waals surface area contributed by atoms with E-state index in [1.807, 2.05) is 30.3 Å². The number of carbonyl (C=O) groups is 2. The van der Waals surface area contributed by atoms with Crippen LogP contribution in [0.25, 0.3) is 0 Å². The van der Waals surface area contributed by atoms with Crippen LogP contribution >= 0.6 is 0 Å². The van der Waals surface area contributed by atoms with Gasteiger partial charge in [0.05, 0.1) is 12.2 Å². The minimum Gasteiger partial charge on any atom is -0.492 e. The lowest BCUT2D eigenvalue weighted by Gasteiger charge is -2.36. The maximum atomic E-state index is 13.0. The number of cyclic esters (lactones) is 1. The van der Waals surface area contributed by atoms with Crippen LogP contribution in [0.4, 0.5) is 18.0 Å². The maximum Gasteiger partial charge on any atom is 0.417 e. The first-order valence-electron chi connectivity index (χ1n) is 11.2. The molecule has 0 bridgehead atoms. The van der Waals surface area contributed by atoms with Gasteiger partial charge in [0.2, 0.25) is 5.91 Å². The van der Waals surface area contributed by atoms with Crippen molar-refractivity contribution in [1.82, 2.24) is 4.90 Å². The third-order valence-electron chi connectivity index (χ3n) is 7.24. The Labute approximate surface area is 189 Å². The van der Waals surface area contributed by atoms with Crippen molar-refractivity contribution in [3.05, 3.63) is 65.2 Å². The standard InChI is InChI=1S/C25H24F3NO4/c26-25(27,28)18-6-7-19-21(13-18)33-15-24(19)10-8-16(9-11-24)12-22(30)29-20(14-32-23(29)31)17-4-2-1-3-5-17/h1-7,13,16,20H,8-12,14-15H2/t16-,20-,24+/m0/s1. The number of carbonyl (C=O) groups excluding carboxylic acids is 2. The number of halogens is 3. The molecule has 0 aromatic heterocycles. The molecule has 2 heterocycles. The van der Waals surface area contributed by atoms with Crippen molar-refractivity contribution in [1.29, 1.82) is 0 Å². The lowest BCUT2D eigenvalue weighted by Crippen LogP contribution is -2.38. The number of rotatable bonds is 3. The predicted molar refractivity (Wildman–Crippen MR) is 113 cm³/mol. The van der Waals surface area contributed by atoms with E-state index in [2.05, 4.69) is 0 Å². The summed E-state index contributed by atoms with van der Waals surface area (Å²) in [6.07, 6.45) is -1.82. The van der Waals surface area contributed by atoms with Crippen LogP contribution in [0.3, 0.4) is 0 Å². The second-order valence-corrected chi connectivity index (χ2v) is 9.19. The SMILES string of the molecule is O=C(C[C@H]1CC[C@@]2(CC1)COc1cc(C(F)(F)F)ccc12)N1C(=O)OC[C@H]1c1ccccc1. The van der Waals surface area contributed by atoms with E-state index in [9.17, 15) is 22.8 Å². The summed E-state index contributed by atoms with van der Waals surface area (Å²) in [6.45, 7) is 0.509. The van der Waals surface area contributed by atoms with E-state index >= 15 is 0 Å². The molecule has 1 saturated heterocycles. The topological polar surface area (TPSA) is 55.8 Å². The van der Waals surface area contributed by atoms with Crippen LogP contribution in [0, 0.1) is 5.92 Å². The number of imide groups is 1. The molecule has 2 aromatic rings. The first-order valence-corrected chi connectivity index (χ1v) is 11.2. The van der Waals surface area contributed by atoms with Gasteiger partial charge in [-0.15, -0.1) is 0 Å². The molecule has 1 saturated carbocycles. The van der Waals surface area contributed by atoms with Gasteiger partial charge in [0, 0.05) is 17.4 Å². The molecule has 8 heteroatoms. The number of benzene rings is 2. The van der Waals surface area contributed by atoms with Gasteiger partial charge in [-0.05, 0) is 49.3 Å². The Morgan fingerprint density at radius 2 is 1.79 bits per heavy atom. The minimum absolute atomic E-state index is 0.103. The Bertz CT molecular complexity index is 1060. The van der Waals surface area contributed by atoms with Crippen LogP contribution in [0.15, 0.2) is 48.5 Å². The van der Waals surface area contributed by atoms with Gasteiger partial charge in [0.1, 0.15) is 18.4 Å². The first kappa shape index (κ1) is 21.8. The number of ether oxygens (including phenoxy) is 2. The van der Waals surface area contributed by atoms with Gasteiger partial charge in [0.25, 0.3) is 0 Å². The van der Waals surface area contributed by atoms with Crippen molar-refractivity contribution in [3.8, 4) is 5.75 Å². The first-order chi connectivity index (χ1) is 15.8. The Kier molecular flexibility index (Phi) is 5.34. The van der Waals surface area contributed by atoms with Gasteiger partial charge >= 0.3 is 12.3 Å². The zero-order valence-corrected chi connectivity index (χ0v) is 17.9. The maximum absolute atomic E-state index is 13.0. The van der Waals surface area contributed by atoms with Crippen molar-refractivity contribution in [2.75, 3.05) is 13.2 Å². The van der Waals surface area contributed by atoms with E-state index in [1.54, 1.807) is 6.07 Å². The quantitative estimate of drug-likeness (QED) is 0.597. The zero-order valence-electron chi connectivity index (χ0n) is 17.9. The van der Waals surface area contributed by atoms with E-state index in [4.69, 9.17) is 9.47 Å². The van der Waals surface area contributed by atoms with Gasteiger partial charge in [0.15, 0.2) is 0 Å². The molecule has 2 aromatic carbocycles. The Hall–Kier alpha value is -3.03.